The van der Waals surface area contributed by atoms with Gasteiger partial charge < -0.3 is 20.9 Å². The molecule has 26 heavy (non-hydrogen) atoms. The van der Waals surface area contributed by atoms with E-state index < -0.39 is 0 Å². The molecule has 0 aliphatic carbocycles. The van der Waals surface area contributed by atoms with Gasteiger partial charge in [-0.15, -0.1) is 0 Å². The van der Waals surface area contributed by atoms with E-state index in [-0.39, 0.29) is 12.7 Å². The fraction of sp³-hybridized carbons (Fsp3) is 0.263. The highest BCUT2D eigenvalue weighted by Crippen LogP contribution is 2.40. The van der Waals surface area contributed by atoms with Gasteiger partial charge in [0.2, 0.25) is 0 Å². The van der Waals surface area contributed by atoms with E-state index in [1.807, 2.05) is 24.3 Å². The van der Waals surface area contributed by atoms with Gasteiger partial charge in [-0.25, -0.2) is 9.97 Å². The molecule has 2 aromatic carbocycles. The monoisotopic (exact) mass is 370 g/mol. The largest absolute Gasteiger partial charge is 0.487 e. The van der Waals surface area contributed by atoms with Crippen molar-refractivity contribution in [3.63, 3.8) is 0 Å². The summed E-state index contributed by atoms with van der Waals surface area (Å²) in [5.74, 6) is 1.44. The van der Waals surface area contributed by atoms with Crippen LogP contribution in [0.15, 0.2) is 36.7 Å². The van der Waals surface area contributed by atoms with Crippen LogP contribution < -0.4 is 15.8 Å². The molecule has 2 heterocycles. The van der Waals surface area contributed by atoms with Crippen LogP contribution in [-0.2, 0) is 6.42 Å². The Morgan fingerprint density at radius 1 is 1.23 bits per heavy atom. The second-order valence-corrected chi connectivity index (χ2v) is 6.64. The number of halogens is 1. The van der Waals surface area contributed by atoms with Crippen LogP contribution in [0.4, 0.5) is 5.82 Å². The highest BCUT2D eigenvalue weighted by atomic mass is 35.5. The molecule has 0 saturated heterocycles. The molecule has 1 aliphatic rings. The van der Waals surface area contributed by atoms with Crippen molar-refractivity contribution in [3.8, 4) is 16.9 Å². The second-order valence-electron chi connectivity index (χ2n) is 6.23. The molecule has 4 N–H and O–H groups in total. The molecule has 3 aromatic rings. The molecule has 1 aliphatic heterocycles. The van der Waals surface area contributed by atoms with Crippen LogP contribution in [0, 0.1) is 0 Å². The lowest BCUT2D eigenvalue weighted by atomic mass is 9.99. The number of benzene rings is 2. The third-order valence-electron chi connectivity index (χ3n) is 4.49. The topological polar surface area (TPSA) is 93.3 Å². The molecule has 0 saturated carbocycles. The molecule has 1 atom stereocenters. The molecule has 6 nitrogen and oxygen atoms in total. The summed E-state index contributed by atoms with van der Waals surface area (Å²) in [6, 6.07) is 10.0. The van der Waals surface area contributed by atoms with E-state index in [9.17, 15) is 0 Å². The minimum atomic E-state index is -0.0166. The van der Waals surface area contributed by atoms with Crippen molar-refractivity contribution in [2.45, 2.75) is 12.5 Å². The molecule has 1 aromatic heterocycles. The van der Waals surface area contributed by atoms with Gasteiger partial charge in [0, 0.05) is 30.5 Å². The quantitative estimate of drug-likeness (QED) is 0.639. The molecular formula is C19H19ClN4O2. The van der Waals surface area contributed by atoms with Crippen LogP contribution in [-0.4, -0.2) is 40.9 Å². The smallest absolute Gasteiger partial charge is 0.141 e. The van der Waals surface area contributed by atoms with Gasteiger partial charge in [-0.1, -0.05) is 17.7 Å². The number of nitrogens with zero attached hydrogens (tertiary/aromatic N) is 2. The summed E-state index contributed by atoms with van der Waals surface area (Å²) in [6.07, 6.45) is 2.26. The van der Waals surface area contributed by atoms with E-state index >= 15 is 0 Å². The average Bonchev–Trinajstić information content (AvgIpc) is 3.10. The second kappa shape index (κ2) is 7.07. The molecule has 7 heteroatoms. The molecule has 1 unspecified atom stereocenters. The molecule has 0 radical (unpaired) electrons. The van der Waals surface area contributed by atoms with Crippen LogP contribution in [0.5, 0.6) is 5.75 Å². The summed E-state index contributed by atoms with van der Waals surface area (Å²) in [5, 5.41) is 13.7. The lowest BCUT2D eigenvalue weighted by Crippen LogP contribution is -2.24. The zero-order valence-electron chi connectivity index (χ0n) is 14.1. The maximum atomic E-state index is 9.05. The van der Waals surface area contributed by atoms with Gasteiger partial charge in [0.15, 0.2) is 0 Å². The van der Waals surface area contributed by atoms with E-state index in [0.29, 0.717) is 23.9 Å². The molecule has 0 amide bonds. The third-order valence-corrected chi connectivity index (χ3v) is 4.77. The Labute approximate surface area is 156 Å². The fourth-order valence-electron chi connectivity index (χ4n) is 3.24. The van der Waals surface area contributed by atoms with Gasteiger partial charge >= 0.3 is 0 Å². The van der Waals surface area contributed by atoms with E-state index in [4.69, 9.17) is 27.2 Å². The number of hydrogen-bond donors (Lipinski definition) is 3. The van der Waals surface area contributed by atoms with Gasteiger partial charge in [0.05, 0.1) is 17.1 Å². The first-order valence-electron chi connectivity index (χ1n) is 8.48. The van der Waals surface area contributed by atoms with Crippen molar-refractivity contribution in [3.05, 3.63) is 47.2 Å². The molecule has 0 spiro atoms. The number of fused-ring (bicyclic) bond motifs is 2. The minimum absolute atomic E-state index is 0.0166. The first-order chi connectivity index (χ1) is 12.7. The Hall–Kier alpha value is -2.41. The maximum Gasteiger partial charge on any atom is 0.141 e. The number of anilines is 1. The summed E-state index contributed by atoms with van der Waals surface area (Å²) < 4.78 is 5.80. The fourth-order valence-corrected chi connectivity index (χ4v) is 3.52. The third kappa shape index (κ3) is 3.07. The van der Waals surface area contributed by atoms with Crippen molar-refractivity contribution in [2.24, 2.45) is 5.73 Å². The van der Waals surface area contributed by atoms with Crippen LogP contribution >= 0.6 is 11.6 Å². The average molecular weight is 371 g/mol. The van der Waals surface area contributed by atoms with Crippen molar-refractivity contribution >= 4 is 28.3 Å². The van der Waals surface area contributed by atoms with Gasteiger partial charge in [-0.05, 0) is 35.4 Å². The normalized spacial score (nSPS) is 15.7. The first-order valence-corrected chi connectivity index (χ1v) is 8.86. The van der Waals surface area contributed by atoms with Crippen molar-refractivity contribution < 1.29 is 9.84 Å². The van der Waals surface area contributed by atoms with Crippen molar-refractivity contribution in [1.82, 2.24) is 9.97 Å². The summed E-state index contributed by atoms with van der Waals surface area (Å²) in [7, 11) is 0. The Bertz CT molecular complexity index is 964. The number of rotatable bonds is 5. The zero-order chi connectivity index (χ0) is 18.1. The molecule has 0 fully saturated rings. The van der Waals surface area contributed by atoms with Crippen LogP contribution in [0.3, 0.4) is 0 Å². The standard InChI is InChI=1S/C19H19ClN4O2/c20-16-8-12(5-13-6-14(9-21)26-18(13)16)11-1-2-17-15(7-11)19(22-3-4-25)24-10-23-17/h1-2,5,7-8,10,14,25H,3-4,6,9,21H2,(H,22,23,24). The molecular weight excluding hydrogens is 352 g/mol. The summed E-state index contributed by atoms with van der Waals surface area (Å²) in [6.45, 7) is 0.931. The van der Waals surface area contributed by atoms with Gasteiger partial charge in [0.25, 0.3) is 0 Å². The van der Waals surface area contributed by atoms with Crippen LogP contribution in [0.25, 0.3) is 22.0 Å². The van der Waals surface area contributed by atoms with E-state index in [1.165, 1.54) is 6.33 Å². The molecule has 4 rings (SSSR count). The number of aliphatic hydroxyl groups is 1. The number of nitrogens with two attached hydrogens (primary N) is 1. The Kier molecular flexibility index (Phi) is 4.63. The predicted molar refractivity (Wildman–Crippen MR) is 103 cm³/mol. The number of aromatic nitrogens is 2. The van der Waals surface area contributed by atoms with Crippen LogP contribution in [0.1, 0.15) is 5.56 Å². The first kappa shape index (κ1) is 17.0. The summed E-state index contributed by atoms with van der Waals surface area (Å²) >= 11 is 6.43. The van der Waals surface area contributed by atoms with E-state index in [1.54, 1.807) is 0 Å². The summed E-state index contributed by atoms with van der Waals surface area (Å²) in [5.41, 5.74) is 9.66. The number of hydrogen-bond acceptors (Lipinski definition) is 6. The SMILES string of the molecule is NCC1Cc2cc(-c3ccc4ncnc(NCCO)c4c3)cc(Cl)c2O1. The highest BCUT2D eigenvalue weighted by molar-refractivity contribution is 6.32. The molecule has 134 valence electrons. The van der Waals surface area contributed by atoms with Crippen molar-refractivity contribution in [2.75, 3.05) is 25.0 Å². The van der Waals surface area contributed by atoms with Crippen molar-refractivity contribution in [1.29, 1.82) is 0 Å². The lowest BCUT2D eigenvalue weighted by molar-refractivity contribution is 0.241. The number of aliphatic hydroxyl groups excluding tert-OH is 1. The lowest BCUT2D eigenvalue weighted by Gasteiger charge is -2.11. The molecule has 0 bridgehead atoms. The van der Waals surface area contributed by atoms with Crippen LogP contribution in [0.2, 0.25) is 5.02 Å². The number of nitrogens with one attached hydrogen (secondary N) is 1. The minimum Gasteiger partial charge on any atom is -0.487 e. The zero-order valence-corrected chi connectivity index (χ0v) is 14.8. The maximum absolute atomic E-state index is 9.05. The Balaban J connectivity index is 1.77. The highest BCUT2D eigenvalue weighted by Gasteiger charge is 2.25. The Morgan fingerprint density at radius 3 is 2.92 bits per heavy atom. The summed E-state index contributed by atoms with van der Waals surface area (Å²) in [4.78, 5) is 8.59. The Morgan fingerprint density at radius 2 is 2.12 bits per heavy atom. The van der Waals surface area contributed by atoms with Gasteiger partial charge in [-0.3, -0.25) is 0 Å². The van der Waals surface area contributed by atoms with Gasteiger partial charge in [0.1, 0.15) is 24.0 Å². The predicted octanol–water partition coefficient (Wildman–Crippen LogP) is 2.62. The van der Waals surface area contributed by atoms with Gasteiger partial charge in [-0.2, -0.15) is 0 Å². The number of ether oxygens (including phenoxy) is 1. The van der Waals surface area contributed by atoms with E-state index in [0.717, 1.165) is 39.8 Å². The van der Waals surface area contributed by atoms with E-state index in [2.05, 4.69) is 21.4 Å².